The first-order chi connectivity index (χ1) is 14.7. The Kier molecular flexibility index (Phi) is 14.9. The van der Waals surface area contributed by atoms with Crippen molar-refractivity contribution in [3.8, 4) is 0 Å². The molecule has 0 aliphatic heterocycles. The highest BCUT2D eigenvalue weighted by atomic mass is 16.6. The van der Waals surface area contributed by atoms with E-state index in [-0.39, 0.29) is 24.7 Å². The number of alkyl carbamates (subject to hydrolysis) is 1. The van der Waals surface area contributed by atoms with Crippen LogP contribution in [-0.2, 0) is 14.3 Å². The summed E-state index contributed by atoms with van der Waals surface area (Å²) in [6.07, 6.45) is 1.64. The van der Waals surface area contributed by atoms with E-state index in [4.69, 9.17) is 15.8 Å². The van der Waals surface area contributed by atoms with Gasteiger partial charge < -0.3 is 20.7 Å². The molecule has 13 heteroatoms. The number of ether oxygens (including phenoxy) is 1. The van der Waals surface area contributed by atoms with E-state index in [1.54, 1.807) is 20.8 Å². The van der Waals surface area contributed by atoms with Gasteiger partial charge in [-0.15, -0.1) is 0 Å². The molecule has 0 spiro atoms. The molecular formula is C18H35N9O4+2. The normalized spacial score (nSPS) is 11.3. The molecule has 5 N–H and O–H groups in total. The number of carbonyl (C=O) groups excluding carboxylic acids is 3. The maximum Gasteiger partial charge on any atom is 0.407 e. The van der Waals surface area contributed by atoms with Crippen LogP contribution in [0.15, 0.2) is 10.2 Å². The molecule has 0 bridgehead atoms. The Labute approximate surface area is 181 Å². The maximum absolute atomic E-state index is 12.1. The molecule has 13 nitrogen and oxygen atoms in total. The average Bonchev–Trinajstić information content (AvgIpc) is 2.68. The zero-order valence-electron chi connectivity index (χ0n) is 18.6. The van der Waals surface area contributed by atoms with Gasteiger partial charge in [0.1, 0.15) is 40.0 Å². The van der Waals surface area contributed by atoms with Gasteiger partial charge in [0.25, 0.3) is 0 Å². The standard InChI is InChI=1S/C18H33N9O4/c1-18(2,3)31-17(30)25-14(6-8-15(28)21-10-4-12-23-26-19)7-9-16(29)22-11-5-13-24-27-20/h14,19-20H,4-13H2,1-3H3,(H-2,21,22,25,28,29,30)/p+2. The van der Waals surface area contributed by atoms with Gasteiger partial charge in [-0.2, -0.15) is 0 Å². The van der Waals surface area contributed by atoms with Crippen LogP contribution in [0.1, 0.15) is 59.3 Å². The Balaban J connectivity index is 4.51. The van der Waals surface area contributed by atoms with Gasteiger partial charge >= 0.3 is 6.09 Å². The first-order valence-corrected chi connectivity index (χ1v) is 10.3. The first kappa shape index (κ1) is 27.8. The Hall–Kier alpha value is -3.17. The van der Waals surface area contributed by atoms with Gasteiger partial charge in [0.05, 0.1) is 0 Å². The van der Waals surface area contributed by atoms with Crippen LogP contribution in [0, 0.1) is 11.1 Å². The van der Waals surface area contributed by atoms with Crippen LogP contribution in [0.3, 0.4) is 0 Å². The quantitative estimate of drug-likeness (QED) is 0.146. The second-order valence-electron chi connectivity index (χ2n) is 7.76. The van der Waals surface area contributed by atoms with Gasteiger partial charge in [-0.25, -0.2) is 4.79 Å². The van der Waals surface area contributed by atoms with E-state index in [1.165, 1.54) is 0 Å². The third-order valence-electron chi connectivity index (χ3n) is 3.82. The number of hydrogen-bond acceptors (Lipinski definition) is 8. The SMILES string of the molecule is CC(C)(C)OC(=O)NC(CCC(=O)NCCCN=[N+]=N)CCC(=O)NCCCN=[N+]=N. The molecule has 0 aromatic carbocycles. The fourth-order valence-corrected chi connectivity index (χ4v) is 2.41. The van der Waals surface area contributed by atoms with E-state index < -0.39 is 17.7 Å². The van der Waals surface area contributed by atoms with Crippen LogP contribution in [0.4, 0.5) is 4.79 Å². The smallest absolute Gasteiger partial charge is 0.407 e. The lowest BCUT2D eigenvalue weighted by atomic mass is 10.1. The minimum absolute atomic E-state index is 0.174. The van der Waals surface area contributed by atoms with Crippen LogP contribution in [0.25, 0.3) is 0 Å². The molecule has 0 aliphatic carbocycles. The molecule has 0 fully saturated rings. The number of nitrogens with zero attached hydrogens (tertiary/aromatic N) is 4. The van der Waals surface area contributed by atoms with E-state index in [2.05, 4.69) is 36.0 Å². The van der Waals surface area contributed by atoms with E-state index >= 15 is 0 Å². The van der Waals surface area contributed by atoms with Crippen molar-refractivity contribution in [2.45, 2.75) is 70.9 Å². The molecule has 0 radical (unpaired) electrons. The third-order valence-corrected chi connectivity index (χ3v) is 3.82. The van der Waals surface area contributed by atoms with Crippen molar-refractivity contribution in [2.24, 2.45) is 10.2 Å². The van der Waals surface area contributed by atoms with Gasteiger partial charge in [-0.1, -0.05) is 0 Å². The summed E-state index contributed by atoms with van der Waals surface area (Å²) in [7, 11) is 0. The summed E-state index contributed by atoms with van der Waals surface area (Å²) in [5, 5.41) is 15.2. The Bertz CT molecular complexity index is 623. The molecule has 0 aromatic heterocycles. The largest absolute Gasteiger partial charge is 0.444 e. The van der Waals surface area contributed by atoms with Crippen molar-refractivity contribution in [3.05, 3.63) is 0 Å². The van der Waals surface area contributed by atoms with Crippen LogP contribution in [0.2, 0.25) is 0 Å². The molecule has 0 unspecified atom stereocenters. The summed E-state index contributed by atoms with van der Waals surface area (Å²) in [5.74, 6) is -0.348. The number of nitrogens with one attached hydrogen (secondary N) is 5. The predicted molar refractivity (Wildman–Crippen MR) is 111 cm³/mol. The highest BCUT2D eigenvalue weighted by molar-refractivity contribution is 5.77. The minimum Gasteiger partial charge on any atom is -0.444 e. The molecule has 0 saturated carbocycles. The molecule has 0 aromatic rings. The monoisotopic (exact) mass is 441 g/mol. The zero-order chi connectivity index (χ0) is 23.5. The third kappa shape index (κ3) is 18.6. The fraction of sp³-hybridized carbons (Fsp3) is 0.833. The number of hydrogen-bond donors (Lipinski definition) is 5. The maximum atomic E-state index is 12.1. The highest BCUT2D eigenvalue weighted by Gasteiger charge is 2.21. The number of rotatable bonds is 15. The summed E-state index contributed by atoms with van der Waals surface area (Å²) >= 11 is 0. The molecule has 3 amide bonds. The molecular weight excluding hydrogens is 406 g/mol. The van der Waals surface area contributed by atoms with Gasteiger partial charge in [-0.3, -0.25) is 9.59 Å². The Morgan fingerprint density at radius 2 is 1.35 bits per heavy atom. The molecule has 0 saturated heterocycles. The first-order valence-electron chi connectivity index (χ1n) is 10.3. The highest BCUT2D eigenvalue weighted by Crippen LogP contribution is 2.10. The van der Waals surface area contributed by atoms with Gasteiger partial charge in [-0.05, 0) is 46.5 Å². The Morgan fingerprint density at radius 3 is 1.74 bits per heavy atom. The van der Waals surface area contributed by atoms with E-state index in [0.717, 1.165) is 0 Å². The van der Waals surface area contributed by atoms with Crippen molar-refractivity contribution in [1.82, 2.24) is 25.8 Å². The topological polar surface area (TPSA) is 197 Å². The number of amides is 3. The predicted octanol–water partition coefficient (Wildman–Crippen LogP) is 1.55. The lowest BCUT2D eigenvalue weighted by Crippen LogP contribution is -2.40. The number of carbonyl (C=O) groups is 3. The van der Waals surface area contributed by atoms with Crippen molar-refractivity contribution < 1.29 is 19.1 Å². The van der Waals surface area contributed by atoms with Crippen molar-refractivity contribution >= 4 is 17.9 Å². The summed E-state index contributed by atoms with van der Waals surface area (Å²) in [6, 6.07) is -0.402. The zero-order valence-corrected chi connectivity index (χ0v) is 18.6. The van der Waals surface area contributed by atoms with Crippen molar-refractivity contribution in [1.29, 1.82) is 11.1 Å². The van der Waals surface area contributed by atoms with E-state index in [0.29, 0.717) is 51.9 Å². The van der Waals surface area contributed by atoms with Crippen LogP contribution < -0.4 is 25.8 Å². The van der Waals surface area contributed by atoms with Gasteiger partial charge in [0.2, 0.25) is 21.6 Å². The fourth-order valence-electron chi connectivity index (χ4n) is 2.41. The lowest BCUT2D eigenvalue weighted by molar-refractivity contribution is -0.121. The summed E-state index contributed by atoms with van der Waals surface area (Å²) in [4.78, 5) is 41.9. The summed E-state index contributed by atoms with van der Waals surface area (Å²) in [5.41, 5.74) is 12.5. The summed E-state index contributed by atoms with van der Waals surface area (Å²) in [6.45, 7) is 6.84. The van der Waals surface area contributed by atoms with Crippen LogP contribution in [-0.4, -0.2) is 55.7 Å². The Morgan fingerprint density at radius 1 is 0.903 bits per heavy atom. The lowest BCUT2D eigenvalue weighted by Gasteiger charge is -2.23. The molecule has 31 heavy (non-hydrogen) atoms. The van der Waals surface area contributed by atoms with Crippen molar-refractivity contribution in [3.63, 3.8) is 0 Å². The van der Waals surface area contributed by atoms with Crippen molar-refractivity contribution in [2.75, 3.05) is 26.2 Å². The van der Waals surface area contributed by atoms with Gasteiger partial charge in [0.15, 0.2) is 0 Å². The average molecular weight is 442 g/mol. The molecule has 174 valence electrons. The second kappa shape index (κ2) is 16.6. The molecule has 0 aliphatic rings. The molecule has 0 rings (SSSR count). The minimum atomic E-state index is -0.657. The van der Waals surface area contributed by atoms with Crippen LogP contribution >= 0.6 is 0 Å². The van der Waals surface area contributed by atoms with Crippen LogP contribution in [0.5, 0.6) is 0 Å². The van der Waals surface area contributed by atoms with E-state index in [9.17, 15) is 14.4 Å². The van der Waals surface area contributed by atoms with E-state index in [1.807, 2.05) is 0 Å². The molecule has 0 heterocycles. The molecule has 0 atom stereocenters. The summed E-state index contributed by atoms with van der Waals surface area (Å²) < 4.78 is 5.27. The second-order valence-corrected chi connectivity index (χ2v) is 7.76. The van der Waals surface area contributed by atoms with Gasteiger partial charge in [0, 0.05) is 32.0 Å².